The van der Waals surface area contributed by atoms with Crippen molar-refractivity contribution < 1.29 is 23.7 Å². The zero-order valence-corrected chi connectivity index (χ0v) is 22.4. The molecule has 3 rings (SSSR count). The van der Waals surface area contributed by atoms with E-state index in [0.717, 1.165) is 29.0 Å². The lowest BCUT2D eigenvalue weighted by Crippen LogP contribution is -2.24. The minimum absolute atomic E-state index is 0.150. The lowest BCUT2D eigenvalue weighted by Gasteiger charge is -2.10. The van der Waals surface area contributed by atoms with Crippen molar-refractivity contribution in [2.24, 2.45) is 5.10 Å². The largest absolute Gasteiger partial charge is 0.497 e. The van der Waals surface area contributed by atoms with Gasteiger partial charge in [0.15, 0.2) is 6.61 Å². The summed E-state index contributed by atoms with van der Waals surface area (Å²) in [5, 5.41) is 4.05. The Bertz CT molecular complexity index is 1130. The monoisotopic (exact) mass is 518 g/mol. The first-order chi connectivity index (χ1) is 18.7. The molecule has 0 aliphatic carbocycles. The molecule has 0 aliphatic rings. The Hall–Kier alpha value is -4.00. The number of unbranched alkanes of at least 4 members (excludes halogenated alkanes) is 5. The highest BCUT2D eigenvalue weighted by molar-refractivity contribution is 5.85. The van der Waals surface area contributed by atoms with Crippen LogP contribution in [0.5, 0.6) is 23.0 Å². The van der Waals surface area contributed by atoms with E-state index < -0.39 is 0 Å². The summed E-state index contributed by atoms with van der Waals surface area (Å²) in [6, 6.07) is 22.5. The van der Waals surface area contributed by atoms with Crippen LogP contribution in [-0.4, -0.2) is 32.4 Å². The molecule has 0 aromatic heterocycles. The van der Waals surface area contributed by atoms with E-state index in [-0.39, 0.29) is 12.5 Å². The number of para-hydroxylation sites is 1. The molecule has 3 aromatic rings. The molecule has 0 atom stereocenters. The number of methoxy groups -OCH3 is 1. The van der Waals surface area contributed by atoms with Crippen LogP contribution in [0.3, 0.4) is 0 Å². The minimum Gasteiger partial charge on any atom is -0.497 e. The van der Waals surface area contributed by atoms with Crippen LogP contribution in [0.2, 0.25) is 0 Å². The maximum absolute atomic E-state index is 12.2. The van der Waals surface area contributed by atoms with Crippen LogP contribution in [0.1, 0.15) is 56.6 Å². The number of nitrogens with one attached hydrogen (secondary N) is 1. The first-order valence-corrected chi connectivity index (χ1v) is 13.2. The fourth-order valence-corrected chi connectivity index (χ4v) is 3.70. The molecule has 0 bridgehead atoms. The van der Waals surface area contributed by atoms with Gasteiger partial charge in [-0.2, -0.15) is 5.10 Å². The standard InChI is InChI=1S/C31H38N2O5/c1-3-4-5-6-7-10-20-36-27-16-18-28(19-17-27)37-24-31(34)33-32-22-26-13-8-9-15-30(26)38-23-25-12-11-14-29(21-25)35-2/h8-9,11-19,21-22H,3-7,10,20,23-24H2,1-2H3,(H,33,34). The first kappa shape index (κ1) is 28.6. The number of rotatable bonds is 17. The van der Waals surface area contributed by atoms with Gasteiger partial charge in [0.1, 0.15) is 29.6 Å². The number of nitrogens with zero attached hydrogens (tertiary/aromatic N) is 1. The summed E-state index contributed by atoms with van der Waals surface area (Å²) in [6.07, 6.45) is 8.93. The van der Waals surface area contributed by atoms with Gasteiger partial charge >= 0.3 is 0 Å². The summed E-state index contributed by atoms with van der Waals surface area (Å²) in [6.45, 7) is 3.16. The SMILES string of the molecule is CCCCCCCCOc1ccc(OCC(=O)NN=Cc2ccccc2OCc2cccc(OC)c2)cc1. The highest BCUT2D eigenvalue weighted by atomic mass is 16.5. The molecular weight excluding hydrogens is 480 g/mol. The molecule has 0 aliphatic heterocycles. The average molecular weight is 519 g/mol. The number of amides is 1. The molecule has 0 saturated carbocycles. The smallest absolute Gasteiger partial charge is 0.277 e. The van der Waals surface area contributed by atoms with E-state index in [1.807, 2.05) is 60.7 Å². The Kier molecular flexibility index (Phi) is 12.5. The predicted octanol–water partition coefficient (Wildman–Crippen LogP) is 6.54. The fraction of sp³-hybridized carbons (Fsp3) is 0.355. The lowest BCUT2D eigenvalue weighted by atomic mass is 10.1. The molecule has 1 N–H and O–H groups in total. The molecule has 3 aromatic carbocycles. The van der Waals surface area contributed by atoms with Crippen molar-refractivity contribution >= 4 is 12.1 Å². The topological polar surface area (TPSA) is 78.4 Å². The van der Waals surface area contributed by atoms with Gasteiger partial charge in [-0.3, -0.25) is 4.79 Å². The molecule has 0 spiro atoms. The molecule has 0 saturated heterocycles. The quantitative estimate of drug-likeness (QED) is 0.125. The van der Waals surface area contributed by atoms with E-state index in [0.29, 0.717) is 24.7 Å². The zero-order valence-electron chi connectivity index (χ0n) is 22.4. The van der Waals surface area contributed by atoms with Gasteiger partial charge in [0.2, 0.25) is 0 Å². The third-order valence-electron chi connectivity index (χ3n) is 5.80. The third-order valence-corrected chi connectivity index (χ3v) is 5.80. The van der Waals surface area contributed by atoms with Gasteiger partial charge in [0.25, 0.3) is 5.91 Å². The summed E-state index contributed by atoms with van der Waals surface area (Å²) < 4.78 is 22.5. The van der Waals surface area contributed by atoms with Crippen molar-refractivity contribution in [1.82, 2.24) is 5.43 Å². The molecule has 0 heterocycles. The Balaban J connectivity index is 1.37. The van der Waals surface area contributed by atoms with Crippen molar-refractivity contribution in [3.8, 4) is 23.0 Å². The van der Waals surface area contributed by atoms with Crippen LogP contribution >= 0.6 is 0 Å². The van der Waals surface area contributed by atoms with Gasteiger partial charge in [-0.15, -0.1) is 0 Å². The zero-order chi connectivity index (χ0) is 26.8. The molecule has 1 amide bonds. The predicted molar refractivity (Wildman–Crippen MR) is 150 cm³/mol. The van der Waals surface area contributed by atoms with Crippen molar-refractivity contribution in [2.45, 2.75) is 52.1 Å². The normalized spacial score (nSPS) is 10.8. The number of hydrogen-bond donors (Lipinski definition) is 1. The second-order valence-corrected chi connectivity index (χ2v) is 8.85. The maximum Gasteiger partial charge on any atom is 0.277 e. The van der Waals surface area contributed by atoms with Crippen molar-refractivity contribution in [3.05, 3.63) is 83.9 Å². The summed E-state index contributed by atoms with van der Waals surface area (Å²) in [5.41, 5.74) is 4.22. The lowest BCUT2D eigenvalue weighted by molar-refractivity contribution is -0.123. The number of carbonyl (C=O) groups excluding carboxylic acids is 1. The van der Waals surface area contributed by atoms with Crippen LogP contribution in [0, 0.1) is 0 Å². The minimum atomic E-state index is -0.362. The second kappa shape index (κ2) is 16.7. The van der Waals surface area contributed by atoms with E-state index in [1.54, 1.807) is 25.5 Å². The van der Waals surface area contributed by atoms with Gasteiger partial charge in [0, 0.05) is 5.56 Å². The highest BCUT2D eigenvalue weighted by Crippen LogP contribution is 2.20. The van der Waals surface area contributed by atoms with E-state index in [1.165, 1.54) is 32.1 Å². The van der Waals surface area contributed by atoms with Gasteiger partial charge < -0.3 is 18.9 Å². The molecule has 7 nitrogen and oxygen atoms in total. The first-order valence-electron chi connectivity index (χ1n) is 13.2. The molecular formula is C31H38N2O5. The number of benzene rings is 3. The van der Waals surface area contributed by atoms with Crippen molar-refractivity contribution in [2.75, 3.05) is 20.3 Å². The summed E-state index contributed by atoms with van der Waals surface area (Å²) in [4.78, 5) is 12.2. The Morgan fingerprint density at radius 2 is 1.55 bits per heavy atom. The van der Waals surface area contributed by atoms with E-state index in [4.69, 9.17) is 18.9 Å². The molecule has 0 unspecified atom stereocenters. The van der Waals surface area contributed by atoms with Gasteiger partial charge in [-0.1, -0.05) is 63.3 Å². The van der Waals surface area contributed by atoms with E-state index >= 15 is 0 Å². The number of carbonyl (C=O) groups is 1. The van der Waals surface area contributed by atoms with E-state index in [2.05, 4.69) is 17.5 Å². The third kappa shape index (κ3) is 10.5. The van der Waals surface area contributed by atoms with Crippen LogP contribution < -0.4 is 24.4 Å². The van der Waals surface area contributed by atoms with Crippen LogP contribution in [0.15, 0.2) is 77.9 Å². The van der Waals surface area contributed by atoms with Crippen LogP contribution in [-0.2, 0) is 11.4 Å². The van der Waals surface area contributed by atoms with Crippen molar-refractivity contribution in [1.29, 1.82) is 0 Å². The summed E-state index contributed by atoms with van der Waals surface area (Å²) in [7, 11) is 1.63. The maximum atomic E-state index is 12.2. The number of hydrazone groups is 1. The van der Waals surface area contributed by atoms with Gasteiger partial charge in [-0.25, -0.2) is 5.43 Å². The summed E-state index contributed by atoms with van der Waals surface area (Å²) in [5.74, 6) is 2.46. The summed E-state index contributed by atoms with van der Waals surface area (Å²) >= 11 is 0. The van der Waals surface area contributed by atoms with Crippen molar-refractivity contribution in [3.63, 3.8) is 0 Å². The van der Waals surface area contributed by atoms with E-state index in [9.17, 15) is 4.79 Å². The Labute approximate surface area is 225 Å². The molecule has 202 valence electrons. The average Bonchev–Trinajstić information content (AvgIpc) is 2.96. The highest BCUT2D eigenvalue weighted by Gasteiger charge is 2.05. The molecule has 0 fully saturated rings. The van der Waals surface area contributed by atoms with Gasteiger partial charge in [-0.05, 0) is 60.5 Å². The molecule has 0 radical (unpaired) electrons. The van der Waals surface area contributed by atoms with Crippen LogP contribution in [0.4, 0.5) is 0 Å². The molecule has 7 heteroatoms. The second-order valence-electron chi connectivity index (χ2n) is 8.85. The number of hydrogen-bond acceptors (Lipinski definition) is 6. The van der Waals surface area contributed by atoms with Gasteiger partial charge in [0.05, 0.1) is 19.9 Å². The fourth-order valence-electron chi connectivity index (χ4n) is 3.70. The number of ether oxygens (including phenoxy) is 4. The van der Waals surface area contributed by atoms with Crippen LogP contribution in [0.25, 0.3) is 0 Å². The molecule has 38 heavy (non-hydrogen) atoms. The Morgan fingerprint density at radius 1 is 0.816 bits per heavy atom. The Morgan fingerprint density at radius 3 is 2.34 bits per heavy atom.